The third kappa shape index (κ3) is 7.02. The maximum absolute atomic E-state index is 11.5. The molecule has 2 aromatic rings. The van der Waals surface area contributed by atoms with E-state index in [2.05, 4.69) is 26.3 Å². The number of nitrogens with zero attached hydrogens (tertiary/aromatic N) is 2. The number of anilines is 2. The van der Waals surface area contributed by atoms with Gasteiger partial charge < -0.3 is 18.9 Å². The average molecular weight is 567 g/mol. The van der Waals surface area contributed by atoms with Gasteiger partial charge in [0.1, 0.15) is 37.4 Å². The van der Waals surface area contributed by atoms with Gasteiger partial charge in [0.2, 0.25) is 0 Å². The predicted molar refractivity (Wildman–Crippen MR) is 136 cm³/mol. The third-order valence-corrected chi connectivity index (χ3v) is 8.88. The van der Waals surface area contributed by atoms with Crippen LogP contribution in [-0.4, -0.2) is 43.1 Å². The molecule has 1 atom stereocenters. The second-order valence-corrected chi connectivity index (χ2v) is 12.6. The Labute approximate surface area is 211 Å². The van der Waals surface area contributed by atoms with Crippen molar-refractivity contribution in [2.75, 3.05) is 21.6 Å². The zero-order valence-corrected chi connectivity index (χ0v) is 21.9. The molecule has 0 amide bonds. The van der Waals surface area contributed by atoms with Crippen LogP contribution in [0.2, 0.25) is 5.02 Å². The molecule has 0 saturated heterocycles. The summed E-state index contributed by atoms with van der Waals surface area (Å²) in [5.41, 5.74) is 1.11. The standard InChI is InChI=1S/C15H13ClN2O6S5.2C2H4/c16-9-1-2-12-11(5-9)18(8-29(22,23)24)13(26-12)6-14-17(7-28(19,20)21)10-3-4-25-15(10)27-14;2*1-2/h1-6,14H,7-8H2,(H,19,20,21)(H,22,23,24);2*1-2H2/p-2. The number of hydrogen-bond acceptors (Lipinski definition) is 11. The number of fused-ring (bicyclic) bond motifs is 2. The van der Waals surface area contributed by atoms with Gasteiger partial charge in [0.05, 0.1) is 20.6 Å². The van der Waals surface area contributed by atoms with Crippen molar-refractivity contribution in [1.29, 1.82) is 0 Å². The maximum Gasteiger partial charge on any atom is 0.114 e. The minimum Gasteiger partial charge on any atom is -0.747 e. The second-order valence-electron chi connectivity index (χ2n) is 6.09. The first kappa shape index (κ1) is 27.8. The van der Waals surface area contributed by atoms with E-state index in [9.17, 15) is 25.9 Å². The molecule has 2 aliphatic rings. The van der Waals surface area contributed by atoms with Crippen LogP contribution in [0, 0.1) is 0 Å². The zero-order chi connectivity index (χ0) is 25.0. The highest BCUT2D eigenvalue weighted by Gasteiger charge is 2.34. The molecule has 180 valence electrons. The fourth-order valence-electron chi connectivity index (χ4n) is 2.95. The van der Waals surface area contributed by atoms with E-state index in [-0.39, 0.29) is 0 Å². The topological polar surface area (TPSA) is 121 Å². The van der Waals surface area contributed by atoms with Gasteiger partial charge in [-0.05, 0) is 35.7 Å². The summed E-state index contributed by atoms with van der Waals surface area (Å²) in [7, 11) is -9.14. The summed E-state index contributed by atoms with van der Waals surface area (Å²) < 4.78 is 69.4. The van der Waals surface area contributed by atoms with Gasteiger partial charge >= 0.3 is 0 Å². The van der Waals surface area contributed by atoms with Crippen LogP contribution in [0.3, 0.4) is 0 Å². The number of halogens is 1. The van der Waals surface area contributed by atoms with Crippen LogP contribution in [0.25, 0.3) is 0 Å². The van der Waals surface area contributed by atoms with E-state index >= 15 is 0 Å². The van der Waals surface area contributed by atoms with Gasteiger partial charge in [-0.1, -0.05) is 35.1 Å². The Hall–Kier alpha value is -1.45. The van der Waals surface area contributed by atoms with Crippen LogP contribution in [0.15, 0.2) is 76.2 Å². The molecule has 3 heterocycles. The summed E-state index contributed by atoms with van der Waals surface area (Å²) in [6.45, 7) is 12.0. The Bertz CT molecular complexity index is 1240. The molecule has 1 aromatic heterocycles. The molecule has 14 heteroatoms. The SMILES string of the molecule is C=C.C=C.O=S(=O)([O-])CN1C(=CC2Sc3sccc3N2CS(=O)(=O)[O-])Sc2ccc(Cl)cc21. The van der Waals surface area contributed by atoms with Crippen LogP contribution in [0.4, 0.5) is 11.4 Å². The summed E-state index contributed by atoms with van der Waals surface area (Å²) in [5, 5.41) is 2.08. The quantitative estimate of drug-likeness (QED) is 0.371. The fourth-order valence-corrected chi connectivity index (χ4v) is 8.07. The van der Waals surface area contributed by atoms with Crippen molar-refractivity contribution in [2.24, 2.45) is 0 Å². The zero-order valence-electron chi connectivity index (χ0n) is 17.0. The third-order valence-electron chi connectivity index (χ3n) is 4.02. The average Bonchev–Trinajstić information content (AvgIpc) is 3.40. The molecule has 0 saturated carbocycles. The first-order chi connectivity index (χ1) is 15.5. The summed E-state index contributed by atoms with van der Waals surface area (Å²) in [4.78, 5) is 3.50. The fraction of sp³-hybridized carbons (Fsp3) is 0.158. The summed E-state index contributed by atoms with van der Waals surface area (Å²) >= 11 is 10.0. The van der Waals surface area contributed by atoms with Crippen molar-refractivity contribution in [3.63, 3.8) is 0 Å². The molecule has 0 N–H and O–H groups in total. The lowest BCUT2D eigenvalue weighted by atomic mass is 10.3. The molecular weight excluding hydrogens is 548 g/mol. The van der Waals surface area contributed by atoms with Crippen LogP contribution in [0.5, 0.6) is 0 Å². The van der Waals surface area contributed by atoms with Crippen LogP contribution < -0.4 is 9.80 Å². The number of benzene rings is 1. The Morgan fingerprint density at radius 3 is 2.24 bits per heavy atom. The van der Waals surface area contributed by atoms with Crippen molar-refractivity contribution in [1.82, 2.24) is 0 Å². The first-order valence-corrected chi connectivity index (χ1v) is 15.0. The van der Waals surface area contributed by atoms with E-state index < -0.39 is 37.4 Å². The van der Waals surface area contributed by atoms with Crippen LogP contribution in [0.1, 0.15) is 0 Å². The monoisotopic (exact) mass is 566 g/mol. The van der Waals surface area contributed by atoms with E-state index in [1.807, 2.05) is 0 Å². The van der Waals surface area contributed by atoms with Gasteiger partial charge in [0, 0.05) is 9.92 Å². The van der Waals surface area contributed by atoms with Crippen molar-refractivity contribution in [3.05, 3.63) is 72.1 Å². The van der Waals surface area contributed by atoms with Gasteiger partial charge in [0.15, 0.2) is 0 Å². The second kappa shape index (κ2) is 11.3. The number of thioether (sulfide) groups is 2. The predicted octanol–water partition coefficient (Wildman–Crippen LogP) is 4.70. The van der Waals surface area contributed by atoms with E-state index in [0.29, 0.717) is 26.3 Å². The molecule has 0 fully saturated rings. The van der Waals surface area contributed by atoms with Gasteiger partial charge in [-0.15, -0.1) is 37.7 Å². The van der Waals surface area contributed by atoms with E-state index in [4.69, 9.17) is 11.6 Å². The minimum absolute atomic E-state index is 0.385. The molecule has 0 aliphatic carbocycles. The molecule has 33 heavy (non-hydrogen) atoms. The summed E-state index contributed by atoms with van der Waals surface area (Å²) in [6, 6.07) is 6.66. The molecule has 1 unspecified atom stereocenters. The molecule has 0 radical (unpaired) electrons. The van der Waals surface area contributed by atoms with Crippen LogP contribution in [-0.2, 0) is 20.2 Å². The number of rotatable bonds is 5. The highest BCUT2D eigenvalue weighted by molar-refractivity contribution is 8.04. The molecule has 1 aromatic carbocycles. The lowest BCUT2D eigenvalue weighted by molar-refractivity contribution is 0.460. The van der Waals surface area contributed by atoms with Crippen molar-refractivity contribution >= 4 is 78.1 Å². The van der Waals surface area contributed by atoms with Crippen LogP contribution >= 0.6 is 46.5 Å². The van der Waals surface area contributed by atoms with E-state index in [1.54, 1.807) is 35.7 Å². The Morgan fingerprint density at radius 2 is 1.64 bits per heavy atom. The molecule has 2 aliphatic heterocycles. The van der Waals surface area contributed by atoms with Crippen molar-refractivity contribution in [3.8, 4) is 0 Å². The number of thiophene rings is 1. The largest absolute Gasteiger partial charge is 0.747 e. The van der Waals surface area contributed by atoms with Crippen molar-refractivity contribution < 1.29 is 25.9 Å². The molecular formula is C19H19ClN2O6S5-2. The van der Waals surface area contributed by atoms with E-state index in [0.717, 1.165) is 4.21 Å². The van der Waals surface area contributed by atoms with Gasteiger partial charge in [-0.3, -0.25) is 0 Å². The highest BCUT2D eigenvalue weighted by Crippen LogP contribution is 2.51. The van der Waals surface area contributed by atoms with Gasteiger partial charge in [-0.2, -0.15) is 0 Å². The maximum atomic E-state index is 11.5. The Kier molecular flexibility index (Phi) is 9.53. The Morgan fingerprint density at radius 1 is 1.00 bits per heavy atom. The lowest BCUT2D eigenvalue weighted by Gasteiger charge is -2.27. The molecule has 4 rings (SSSR count). The van der Waals surface area contributed by atoms with Crippen molar-refractivity contribution in [2.45, 2.75) is 14.5 Å². The molecule has 0 spiro atoms. The lowest BCUT2D eigenvalue weighted by Crippen LogP contribution is -2.34. The molecule has 8 nitrogen and oxygen atoms in total. The number of hydrogen-bond donors (Lipinski definition) is 0. The normalized spacial score (nSPS) is 18.2. The van der Waals surface area contributed by atoms with Gasteiger partial charge in [0.25, 0.3) is 0 Å². The van der Waals surface area contributed by atoms with E-state index in [1.165, 1.54) is 44.7 Å². The first-order valence-electron chi connectivity index (χ1n) is 8.85. The Balaban J connectivity index is 0.000000914. The summed E-state index contributed by atoms with van der Waals surface area (Å²) in [5.74, 6) is -1.51. The minimum atomic E-state index is -4.60. The van der Waals surface area contributed by atoms with Gasteiger partial charge in [-0.25, -0.2) is 16.8 Å². The smallest absolute Gasteiger partial charge is 0.114 e. The molecule has 0 bridgehead atoms. The summed E-state index contributed by atoms with van der Waals surface area (Å²) in [6.07, 6.45) is 1.66. The highest BCUT2D eigenvalue weighted by atomic mass is 35.5.